The van der Waals surface area contributed by atoms with Gasteiger partial charge < -0.3 is 0 Å². The predicted molar refractivity (Wildman–Crippen MR) is 168 cm³/mol. The molecule has 216 valence electrons. The second-order valence-electron chi connectivity index (χ2n) is 13.3. The zero-order valence-corrected chi connectivity index (χ0v) is 24.9. The third-order valence-electron chi connectivity index (χ3n) is 10.2. The van der Waals surface area contributed by atoms with E-state index in [2.05, 4.69) is 79.7 Å². The van der Waals surface area contributed by atoms with E-state index in [0.29, 0.717) is 35.0 Å². The molecule has 2 heteroatoms. The highest BCUT2D eigenvalue weighted by molar-refractivity contribution is 5.30. The monoisotopic (exact) mass is 522 g/mol. The van der Waals surface area contributed by atoms with Gasteiger partial charge in [0.2, 0.25) is 0 Å². The largest absolute Gasteiger partial charge is 0.198 e. The minimum Gasteiger partial charge on any atom is -0.198 e. The molecule has 0 spiro atoms. The van der Waals surface area contributed by atoms with Crippen molar-refractivity contribution in [2.75, 3.05) is 0 Å². The molecule has 0 N–H and O–H groups in total. The average molecular weight is 523 g/mol. The molecule has 0 heterocycles. The zero-order valence-electron chi connectivity index (χ0n) is 24.9. The first-order chi connectivity index (χ1) is 17.0. The van der Waals surface area contributed by atoms with Crippen LogP contribution in [0.2, 0.25) is 0 Å². The van der Waals surface area contributed by atoms with Crippen LogP contribution in [0.5, 0.6) is 0 Å². The van der Waals surface area contributed by atoms with Crippen molar-refractivity contribution in [2.45, 2.75) is 154 Å². The molecule has 0 radical (unpaired) electrons. The highest BCUT2D eigenvalue weighted by Crippen LogP contribution is 2.60. The fourth-order valence-electron chi connectivity index (χ4n) is 8.03. The summed E-state index contributed by atoms with van der Waals surface area (Å²) in [5.74, 6) is 1.49. The highest BCUT2D eigenvalue weighted by Gasteiger charge is 2.50. The van der Waals surface area contributed by atoms with Crippen LogP contribution >= 0.6 is 0 Å². The summed E-state index contributed by atoms with van der Waals surface area (Å²) in [6.45, 7) is 18.9. The lowest BCUT2D eigenvalue weighted by molar-refractivity contribution is 0.0111. The minimum absolute atomic E-state index is 0. The maximum Gasteiger partial charge on any atom is 0.0666 e. The summed E-state index contributed by atoms with van der Waals surface area (Å²) in [7, 11) is 0. The molecule has 0 aromatic carbocycles. The second kappa shape index (κ2) is 15.7. The third kappa shape index (κ3) is 8.60. The zero-order chi connectivity index (χ0) is 27.0. The predicted octanol–water partition coefficient (Wildman–Crippen LogP) is 11.9. The van der Waals surface area contributed by atoms with Gasteiger partial charge in [-0.15, -0.1) is 0 Å². The maximum absolute atomic E-state index is 9.18. The summed E-state index contributed by atoms with van der Waals surface area (Å²) >= 11 is 0. The van der Waals surface area contributed by atoms with Crippen molar-refractivity contribution in [1.29, 1.82) is 10.5 Å². The molecule has 0 aromatic rings. The lowest BCUT2D eigenvalue weighted by Gasteiger charge is -2.55. The summed E-state index contributed by atoms with van der Waals surface area (Å²) in [5, 5.41) is 17.8. The first kappa shape index (κ1) is 36.2. The molecule has 1 saturated carbocycles. The van der Waals surface area contributed by atoms with Gasteiger partial charge >= 0.3 is 0 Å². The Morgan fingerprint density at radius 2 is 1.68 bits per heavy atom. The van der Waals surface area contributed by atoms with Crippen molar-refractivity contribution < 1.29 is 0 Å². The number of fused-ring (bicyclic) bond motifs is 1. The smallest absolute Gasteiger partial charge is 0.0666 e. The van der Waals surface area contributed by atoms with Crippen molar-refractivity contribution in [3.05, 3.63) is 34.4 Å². The molecule has 3 rings (SSSR count). The molecule has 38 heavy (non-hydrogen) atoms. The lowest BCUT2D eigenvalue weighted by atomic mass is 9.50. The molecule has 0 aromatic heterocycles. The number of hydrogen-bond acceptors (Lipinski definition) is 2. The van der Waals surface area contributed by atoms with E-state index in [1.54, 1.807) is 11.1 Å². The maximum atomic E-state index is 9.18. The highest BCUT2D eigenvalue weighted by atomic mass is 14.5. The van der Waals surface area contributed by atoms with Gasteiger partial charge in [0.25, 0.3) is 0 Å². The number of nitrogens with zero attached hydrogens (tertiary/aromatic N) is 2. The summed E-state index contributed by atoms with van der Waals surface area (Å²) < 4.78 is 0. The van der Waals surface area contributed by atoms with Gasteiger partial charge in [-0.3, -0.25) is 0 Å². The van der Waals surface area contributed by atoms with Crippen LogP contribution in [0.15, 0.2) is 34.4 Å². The summed E-state index contributed by atoms with van der Waals surface area (Å²) in [6.07, 6.45) is 19.4. The molecular formula is C36H62N2. The fraction of sp³-hybridized carbons (Fsp3) is 0.778. The van der Waals surface area contributed by atoms with Gasteiger partial charge in [0.15, 0.2) is 0 Å². The molecule has 0 bridgehead atoms. The van der Waals surface area contributed by atoms with Crippen molar-refractivity contribution in [1.82, 2.24) is 0 Å². The molecule has 3 aliphatic rings. The quantitative estimate of drug-likeness (QED) is 0.312. The van der Waals surface area contributed by atoms with E-state index in [9.17, 15) is 5.26 Å². The number of nitriles is 2. The summed E-state index contributed by atoms with van der Waals surface area (Å²) in [6, 6.07) is 4.64. The van der Waals surface area contributed by atoms with E-state index in [4.69, 9.17) is 5.26 Å². The molecule has 0 aliphatic heterocycles. The Hall–Kier alpha value is -1.80. The molecular weight excluding hydrogens is 460 g/mol. The van der Waals surface area contributed by atoms with Crippen molar-refractivity contribution in [2.24, 2.45) is 28.1 Å². The van der Waals surface area contributed by atoms with E-state index >= 15 is 0 Å². The van der Waals surface area contributed by atoms with Gasteiger partial charge in [-0.2, -0.15) is 10.5 Å². The number of allylic oxidation sites excluding steroid dienone is 6. The first-order valence-corrected chi connectivity index (χ1v) is 14.8. The van der Waals surface area contributed by atoms with Crippen LogP contribution in [0, 0.1) is 50.7 Å². The van der Waals surface area contributed by atoms with Crippen LogP contribution < -0.4 is 0 Å². The topological polar surface area (TPSA) is 47.6 Å². The van der Waals surface area contributed by atoms with Gasteiger partial charge in [-0.25, -0.2) is 0 Å². The number of hydrogen-bond donors (Lipinski definition) is 0. The Balaban J connectivity index is 0.000000684. The molecule has 0 saturated heterocycles. The molecule has 3 unspecified atom stereocenters. The first-order valence-electron chi connectivity index (χ1n) is 14.8. The molecule has 3 atom stereocenters. The minimum atomic E-state index is 0. The summed E-state index contributed by atoms with van der Waals surface area (Å²) in [4.78, 5) is 0. The van der Waals surface area contributed by atoms with Crippen LogP contribution in [-0.4, -0.2) is 0 Å². The van der Waals surface area contributed by atoms with Crippen LogP contribution in [-0.2, 0) is 0 Å². The third-order valence-corrected chi connectivity index (χ3v) is 10.2. The Morgan fingerprint density at radius 3 is 2.24 bits per heavy atom. The van der Waals surface area contributed by atoms with E-state index < -0.39 is 0 Å². The van der Waals surface area contributed by atoms with Gasteiger partial charge in [-0.05, 0) is 99.2 Å². The average Bonchev–Trinajstić information content (AvgIpc) is 2.81. The van der Waals surface area contributed by atoms with Crippen molar-refractivity contribution in [3.63, 3.8) is 0 Å². The van der Waals surface area contributed by atoms with E-state index in [0.717, 1.165) is 25.2 Å². The molecule has 3 aliphatic carbocycles. The van der Waals surface area contributed by atoms with Crippen LogP contribution in [0.3, 0.4) is 0 Å². The molecule has 1 fully saturated rings. The Labute approximate surface area is 238 Å². The number of rotatable bonds is 7. The fourth-order valence-corrected chi connectivity index (χ4v) is 8.03. The van der Waals surface area contributed by atoms with E-state index in [1.807, 2.05) is 0 Å². The van der Waals surface area contributed by atoms with Crippen LogP contribution in [0.25, 0.3) is 0 Å². The van der Waals surface area contributed by atoms with Crippen LogP contribution in [0.4, 0.5) is 0 Å². The standard InChI is InChI=1S/2C17H27N.2CH4/c1-5-13-7-8-15-16(2,3)10-6-11-17(15,4)14(13)9-12-18;1-5-15(9-7-13-18)10-11-16-14(2)8-6-12-17(16,3)4;;/h15H,5-11H2,1-4H3;8-9,16H,5-7,10-12H2,1-4H3;2*1H4/b;15-9+;;. The molecule has 2 nitrogen and oxygen atoms in total. The van der Waals surface area contributed by atoms with E-state index in [1.165, 1.54) is 62.5 Å². The Bertz CT molecular complexity index is 914. The van der Waals surface area contributed by atoms with Crippen molar-refractivity contribution >= 4 is 0 Å². The Morgan fingerprint density at radius 1 is 1.00 bits per heavy atom. The normalized spacial score (nSPS) is 27.6. The summed E-state index contributed by atoms with van der Waals surface area (Å²) in [5.41, 5.74) is 7.32. The van der Waals surface area contributed by atoms with Gasteiger partial charge in [0, 0.05) is 0 Å². The van der Waals surface area contributed by atoms with Crippen LogP contribution in [0.1, 0.15) is 154 Å². The molecule has 0 amide bonds. The van der Waals surface area contributed by atoms with Gasteiger partial charge in [0.1, 0.15) is 0 Å². The van der Waals surface area contributed by atoms with Gasteiger partial charge in [0.05, 0.1) is 25.0 Å². The second-order valence-corrected chi connectivity index (χ2v) is 13.3. The Kier molecular flexibility index (Phi) is 15.0. The van der Waals surface area contributed by atoms with E-state index in [-0.39, 0.29) is 14.9 Å². The SMILES string of the molecule is C.C.CC/C(=C\CC#N)CCC1C(C)=CCCC1(C)C.CCC1=C(CC#N)C2(C)CCCC(C)(C)C2CC1. The van der Waals surface area contributed by atoms with Gasteiger partial charge in [-0.1, -0.05) is 104 Å². The van der Waals surface area contributed by atoms with Crippen molar-refractivity contribution in [3.8, 4) is 12.1 Å². The lowest BCUT2D eigenvalue weighted by Crippen LogP contribution is -2.45.